The molecular formula is C24H26FN5O3. The highest BCUT2D eigenvalue weighted by Crippen LogP contribution is 2.33. The minimum absolute atomic E-state index is 0.0209. The summed E-state index contributed by atoms with van der Waals surface area (Å²) in [6, 6.07) is 6.71. The second-order valence-corrected chi connectivity index (χ2v) is 8.13. The van der Waals surface area contributed by atoms with Gasteiger partial charge >= 0.3 is 5.69 Å². The first kappa shape index (κ1) is 22.6. The summed E-state index contributed by atoms with van der Waals surface area (Å²) in [6.45, 7) is 7.69. The van der Waals surface area contributed by atoms with Gasteiger partial charge in [0.15, 0.2) is 11.6 Å². The SMILES string of the molecule is CCn1c(CO)nn(-c2cc3c(C(C)C)cc(-c4cc(OC)ncc4C)nc3cc2F)c1=O. The lowest BCUT2D eigenvalue weighted by atomic mass is 9.95. The maximum absolute atomic E-state index is 15.3. The number of hydrogen-bond donors (Lipinski definition) is 1. The summed E-state index contributed by atoms with van der Waals surface area (Å²) in [7, 11) is 1.55. The van der Waals surface area contributed by atoms with E-state index in [4.69, 9.17) is 9.72 Å². The van der Waals surface area contributed by atoms with E-state index in [-0.39, 0.29) is 17.4 Å². The number of aryl methyl sites for hydroxylation is 1. The fraction of sp³-hybridized carbons (Fsp3) is 0.333. The molecule has 33 heavy (non-hydrogen) atoms. The van der Waals surface area contributed by atoms with Gasteiger partial charge in [0.1, 0.15) is 12.3 Å². The van der Waals surface area contributed by atoms with Crippen molar-refractivity contribution < 1.29 is 14.2 Å². The number of methoxy groups -OCH3 is 1. The molecule has 0 aliphatic heterocycles. The van der Waals surface area contributed by atoms with Gasteiger partial charge in [-0.2, -0.15) is 4.68 Å². The smallest absolute Gasteiger partial charge is 0.350 e. The van der Waals surface area contributed by atoms with Crippen LogP contribution in [0.15, 0.2) is 35.3 Å². The standard InChI is InChI=1S/C24H26FN5O3/c1-6-29-22(12-31)28-30(24(29)32)21-8-17-15(13(2)3)7-19(27-20(17)10-18(21)25)16-9-23(33-5)26-11-14(16)4/h7-11,13,31H,6,12H2,1-5H3. The van der Waals surface area contributed by atoms with Crippen LogP contribution in [0, 0.1) is 12.7 Å². The van der Waals surface area contributed by atoms with E-state index in [9.17, 15) is 9.90 Å². The van der Waals surface area contributed by atoms with Crippen LogP contribution in [0.5, 0.6) is 5.88 Å². The molecule has 0 spiro atoms. The van der Waals surface area contributed by atoms with Gasteiger partial charge in [-0.3, -0.25) is 4.57 Å². The van der Waals surface area contributed by atoms with Crippen LogP contribution in [0.2, 0.25) is 0 Å². The molecule has 0 bridgehead atoms. The molecule has 3 aromatic heterocycles. The number of fused-ring (bicyclic) bond motifs is 1. The monoisotopic (exact) mass is 451 g/mol. The molecule has 0 atom stereocenters. The molecule has 0 fully saturated rings. The van der Waals surface area contributed by atoms with E-state index in [0.29, 0.717) is 23.6 Å². The van der Waals surface area contributed by atoms with E-state index in [1.54, 1.807) is 26.3 Å². The molecule has 0 aliphatic carbocycles. The summed E-state index contributed by atoms with van der Waals surface area (Å²) < 4.78 is 22.8. The molecule has 8 nitrogen and oxygen atoms in total. The van der Waals surface area contributed by atoms with Crippen molar-refractivity contribution in [3.63, 3.8) is 0 Å². The maximum atomic E-state index is 15.3. The number of pyridine rings is 2. The van der Waals surface area contributed by atoms with Gasteiger partial charge < -0.3 is 9.84 Å². The van der Waals surface area contributed by atoms with E-state index < -0.39 is 18.1 Å². The van der Waals surface area contributed by atoms with E-state index in [1.807, 2.05) is 32.9 Å². The van der Waals surface area contributed by atoms with Crippen molar-refractivity contribution in [3.05, 3.63) is 63.7 Å². The van der Waals surface area contributed by atoms with Crippen molar-refractivity contribution in [1.29, 1.82) is 0 Å². The molecule has 9 heteroatoms. The van der Waals surface area contributed by atoms with Gasteiger partial charge in [0, 0.05) is 35.8 Å². The van der Waals surface area contributed by atoms with Crippen molar-refractivity contribution in [2.45, 2.75) is 46.8 Å². The molecule has 4 rings (SSSR count). The zero-order valence-corrected chi connectivity index (χ0v) is 19.3. The van der Waals surface area contributed by atoms with E-state index in [1.165, 1.54) is 10.6 Å². The Morgan fingerprint density at radius 1 is 1.21 bits per heavy atom. The van der Waals surface area contributed by atoms with Crippen molar-refractivity contribution in [1.82, 2.24) is 24.3 Å². The molecule has 1 aromatic carbocycles. The van der Waals surface area contributed by atoms with Gasteiger partial charge in [-0.15, -0.1) is 5.10 Å². The molecule has 0 saturated heterocycles. The Labute approximate surface area is 190 Å². The van der Waals surface area contributed by atoms with E-state index in [2.05, 4.69) is 10.1 Å². The third-order valence-corrected chi connectivity index (χ3v) is 5.72. The van der Waals surface area contributed by atoms with Gasteiger partial charge in [-0.05, 0) is 43.0 Å². The molecular weight excluding hydrogens is 425 g/mol. The molecule has 0 saturated carbocycles. The molecule has 4 aromatic rings. The Bertz CT molecular complexity index is 1410. The van der Waals surface area contributed by atoms with Gasteiger partial charge in [-0.1, -0.05) is 13.8 Å². The number of nitrogens with zero attached hydrogens (tertiary/aromatic N) is 5. The first-order valence-electron chi connectivity index (χ1n) is 10.7. The normalized spacial score (nSPS) is 11.5. The Kier molecular flexibility index (Phi) is 5.99. The molecule has 0 aliphatic rings. The molecule has 0 radical (unpaired) electrons. The van der Waals surface area contributed by atoms with Crippen LogP contribution in [0.3, 0.4) is 0 Å². The lowest BCUT2D eigenvalue weighted by molar-refractivity contribution is 0.264. The molecule has 0 amide bonds. The van der Waals surface area contributed by atoms with Crippen molar-refractivity contribution >= 4 is 10.9 Å². The minimum Gasteiger partial charge on any atom is -0.481 e. The van der Waals surface area contributed by atoms with E-state index in [0.717, 1.165) is 26.8 Å². The van der Waals surface area contributed by atoms with Crippen LogP contribution in [-0.4, -0.2) is 36.5 Å². The summed E-state index contributed by atoms with van der Waals surface area (Å²) >= 11 is 0. The number of aromatic nitrogens is 5. The van der Waals surface area contributed by atoms with Crippen LogP contribution in [0.4, 0.5) is 4.39 Å². The lowest BCUT2D eigenvalue weighted by Gasteiger charge is -2.15. The number of aliphatic hydroxyl groups is 1. The molecule has 1 N–H and O–H groups in total. The van der Waals surface area contributed by atoms with Crippen LogP contribution < -0.4 is 10.4 Å². The summed E-state index contributed by atoms with van der Waals surface area (Å²) in [6.07, 6.45) is 1.72. The van der Waals surface area contributed by atoms with Gasteiger partial charge in [0.05, 0.1) is 18.3 Å². The third-order valence-electron chi connectivity index (χ3n) is 5.72. The van der Waals surface area contributed by atoms with E-state index >= 15 is 4.39 Å². The predicted octanol–water partition coefficient (Wildman–Crippen LogP) is 3.74. The number of hydrogen-bond acceptors (Lipinski definition) is 6. The molecule has 0 unspecified atom stereocenters. The number of halogens is 1. The molecule has 172 valence electrons. The van der Waals surface area contributed by atoms with Crippen molar-refractivity contribution in [3.8, 4) is 22.8 Å². The Morgan fingerprint density at radius 2 is 1.97 bits per heavy atom. The zero-order valence-electron chi connectivity index (χ0n) is 19.3. The number of benzene rings is 1. The average molecular weight is 452 g/mol. The second kappa shape index (κ2) is 8.74. The minimum atomic E-state index is -0.627. The quantitative estimate of drug-likeness (QED) is 0.480. The van der Waals surface area contributed by atoms with Gasteiger partial charge in [-0.25, -0.2) is 19.2 Å². The third kappa shape index (κ3) is 3.89. The highest BCUT2D eigenvalue weighted by molar-refractivity contribution is 5.88. The fourth-order valence-electron chi connectivity index (χ4n) is 3.96. The Balaban J connectivity index is 1.98. The van der Waals surface area contributed by atoms with Crippen molar-refractivity contribution in [2.24, 2.45) is 0 Å². The van der Waals surface area contributed by atoms with Crippen LogP contribution in [-0.2, 0) is 13.2 Å². The van der Waals surface area contributed by atoms with Crippen molar-refractivity contribution in [2.75, 3.05) is 7.11 Å². The zero-order chi connectivity index (χ0) is 23.9. The highest BCUT2D eigenvalue weighted by atomic mass is 19.1. The summed E-state index contributed by atoms with van der Waals surface area (Å²) in [5.74, 6) is 0.130. The molecule has 3 heterocycles. The van der Waals surface area contributed by atoms with Gasteiger partial charge in [0.25, 0.3) is 0 Å². The summed E-state index contributed by atoms with van der Waals surface area (Å²) in [5.41, 5.74) is 3.40. The Morgan fingerprint density at radius 3 is 2.58 bits per heavy atom. The highest BCUT2D eigenvalue weighted by Gasteiger charge is 2.20. The average Bonchev–Trinajstić information content (AvgIpc) is 3.13. The summed E-state index contributed by atoms with van der Waals surface area (Å²) in [5, 5.41) is 14.4. The van der Waals surface area contributed by atoms with Crippen LogP contribution in [0.1, 0.15) is 43.6 Å². The predicted molar refractivity (Wildman–Crippen MR) is 123 cm³/mol. The lowest BCUT2D eigenvalue weighted by Crippen LogP contribution is -2.24. The topological polar surface area (TPSA) is 95.1 Å². The van der Waals surface area contributed by atoms with Gasteiger partial charge in [0.2, 0.25) is 5.88 Å². The first-order chi connectivity index (χ1) is 15.8. The number of rotatable bonds is 6. The summed E-state index contributed by atoms with van der Waals surface area (Å²) in [4.78, 5) is 21.7. The largest absolute Gasteiger partial charge is 0.481 e. The Hall–Kier alpha value is -3.59. The number of ether oxygens (including phenoxy) is 1. The number of aliphatic hydroxyl groups excluding tert-OH is 1. The second-order valence-electron chi connectivity index (χ2n) is 8.13. The first-order valence-corrected chi connectivity index (χ1v) is 10.7. The fourth-order valence-corrected chi connectivity index (χ4v) is 3.96. The maximum Gasteiger partial charge on any atom is 0.350 e. The van der Waals surface area contributed by atoms with Crippen LogP contribution in [0.25, 0.3) is 27.8 Å². The van der Waals surface area contributed by atoms with Crippen LogP contribution >= 0.6 is 0 Å².